The molecule has 1 aromatic rings. The molecule has 1 aliphatic carbocycles. The summed E-state index contributed by atoms with van der Waals surface area (Å²) in [6.45, 7) is 3.85. The predicted molar refractivity (Wildman–Crippen MR) is 111 cm³/mol. The van der Waals surface area contributed by atoms with Crippen LogP contribution >= 0.6 is 15.9 Å². The van der Waals surface area contributed by atoms with Gasteiger partial charge in [0.15, 0.2) is 0 Å². The van der Waals surface area contributed by atoms with E-state index in [1.54, 1.807) is 26.0 Å². The number of hydrogen-bond donors (Lipinski definition) is 0. The summed E-state index contributed by atoms with van der Waals surface area (Å²) in [5.74, 6) is -2.65. The lowest BCUT2D eigenvalue weighted by Crippen LogP contribution is -2.32. The van der Waals surface area contributed by atoms with Gasteiger partial charge >= 0.3 is 17.9 Å². The highest BCUT2D eigenvalue weighted by Gasteiger charge is 2.39. The Kier molecular flexibility index (Phi) is 8.64. The second-order valence-electron chi connectivity index (χ2n) is 6.51. The molecule has 3 atom stereocenters. The van der Waals surface area contributed by atoms with Crippen molar-refractivity contribution in [2.24, 2.45) is 11.8 Å². The lowest BCUT2D eigenvalue weighted by Gasteiger charge is -2.32. The zero-order valence-electron chi connectivity index (χ0n) is 16.7. The molecule has 0 N–H and O–H groups in total. The van der Waals surface area contributed by atoms with Crippen LogP contribution in [0.15, 0.2) is 52.5 Å². The summed E-state index contributed by atoms with van der Waals surface area (Å²) < 4.78 is 16.0. The number of hydrogen-bond acceptors (Lipinski definition) is 6. The number of carbonyl (C=O) groups excluding carboxylic acids is 3. The second-order valence-corrected chi connectivity index (χ2v) is 7.42. The van der Waals surface area contributed by atoms with Crippen LogP contribution < -0.4 is 0 Å². The van der Waals surface area contributed by atoms with Gasteiger partial charge in [0.2, 0.25) is 0 Å². The van der Waals surface area contributed by atoms with Gasteiger partial charge in [-0.05, 0) is 43.9 Å². The normalized spacial score (nSPS) is 21.4. The molecule has 29 heavy (non-hydrogen) atoms. The van der Waals surface area contributed by atoms with E-state index in [0.717, 1.165) is 10.0 Å². The molecule has 0 aromatic heterocycles. The molecule has 156 valence electrons. The van der Waals surface area contributed by atoms with Gasteiger partial charge in [0.25, 0.3) is 0 Å². The smallest absolute Gasteiger partial charge is 0.334 e. The fraction of sp³-hybridized carbons (Fsp3) is 0.409. The first-order valence-corrected chi connectivity index (χ1v) is 10.3. The van der Waals surface area contributed by atoms with Gasteiger partial charge < -0.3 is 14.2 Å². The summed E-state index contributed by atoms with van der Waals surface area (Å²) in [7, 11) is 1.31. The van der Waals surface area contributed by atoms with E-state index in [2.05, 4.69) is 20.7 Å². The largest absolute Gasteiger partial charge is 0.466 e. The topological polar surface area (TPSA) is 78.9 Å². The summed E-state index contributed by atoms with van der Waals surface area (Å²) in [6.07, 6.45) is 5.15. The van der Waals surface area contributed by atoms with Crippen LogP contribution in [0.3, 0.4) is 0 Å². The zero-order valence-corrected chi connectivity index (χ0v) is 18.3. The van der Waals surface area contributed by atoms with Gasteiger partial charge in [-0.25, -0.2) is 9.59 Å². The lowest BCUT2D eigenvalue weighted by atomic mass is 9.72. The van der Waals surface area contributed by atoms with Gasteiger partial charge in [-0.3, -0.25) is 4.79 Å². The van der Waals surface area contributed by atoms with Crippen LogP contribution in [0.5, 0.6) is 0 Å². The summed E-state index contributed by atoms with van der Waals surface area (Å²) in [5, 5.41) is 0. The Hall–Kier alpha value is -2.41. The van der Waals surface area contributed by atoms with E-state index in [9.17, 15) is 14.4 Å². The molecule has 0 aliphatic heterocycles. The number of benzene rings is 1. The molecule has 6 nitrogen and oxygen atoms in total. The average molecular weight is 465 g/mol. The van der Waals surface area contributed by atoms with E-state index in [1.165, 1.54) is 13.2 Å². The quantitative estimate of drug-likeness (QED) is 0.345. The Bertz CT molecular complexity index is 796. The van der Waals surface area contributed by atoms with Crippen molar-refractivity contribution in [1.29, 1.82) is 0 Å². The van der Waals surface area contributed by atoms with Crippen LogP contribution in [0.25, 0.3) is 0 Å². The first kappa shape index (κ1) is 22.9. The van der Waals surface area contributed by atoms with E-state index in [1.807, 2.05) is 24.3 Å². The summed E-state index contributed by atoms with van der Waals surface area (Å²) >= 11 is 3.42. The fourth-order valence-electron chi connectivity index (χ4n) is 3.37. The number of methoxy groups -OCH3 is 1. The van der Waals surface area contributed by atoms with Crippen molar-refractivity contribution >= 4 is 33.8 Å². The Morgan fingerprint density at radius 3 is 2.34 bits per heavy atom. The molecule has 0 bridgehead atoms. The van der Waals surface area contributed by atoms with Crippen LogP contribution in [0, 0.1) is 11.8 Å². The first-order valence-electron chi connectivity index (χ1n) is 9.48. The molecule has 0 saturated carbocycles. The van der Waals surface area contributed by atoms with Crippen molar-refractivity contribution in [3.05, 3.63) is 58.1 Å². The Labute approximate surface area is 179 Å². The summed E-state index contributed by atoms with van der Waals surface area (Å²) in [6, 6.07) is 7.70. The van der Waals surface area contributed by atoms with Crippen molar-refractivity contribution in [1.82, 2.24) is 0 Å². The van der Waals surface area contributed by atoms with Crippen molar-refractivity contribution in [3.63, 3.8) is 0 Å². The fourth-order valence-corrected chi connectivity index (χ4v) is 3.63. The van der Waals surface area contributed by atoms with Crippen LogP contribution in [0.1, 0.15) is 31.7 Å². The van der Waals surface area contributed by atoms with Gasteiger partial charge in [0, 0.05) is 22.0 Å². The van der Waals surface area contributed by atoms with Crippen LogP contribution in [0.4, 0.5) is 0 Å². The number of ether oxygens (including phenoxy) is 3. The third-order valence-electron chi connectivity index (χ3n) is 4.72. The molecule has 0 fully saturated rings. The minimum Gasteiger partial charge on any atom is -0.466 e. The Morgan fingerprint density at radius 2 is 1.76 bits per heavy atom. The highest BCUT2D eigenvalue weighted by Crippen LogP contribution is 2.41. The summed E-state index contributed by atoms with van der Waals surface area (Å²) in [4.78, 5) is 36.7. The Morgan fingerprint density at radius 1 is 1.10 bits per heavy atom. The molecule has 1 aromatic carbocycles. The number of allylic oxidation sites excluding steroid dienone is 2. The molecule has 0 amide bonds. The maximum Gasteiger partial charge on any atom is 0.334 e. The van der Waals surface area contributed by atoms with Crippen molar-refractivity contribution in [2.75, 3.05) is 20.3 Å². The molecule has 2 rings (SSSR count). The highest BCUT2D eigenvalue weighted by atomic mass is 79.9. The zero-order chi connectivity index (χ0) is 21.4. The number of carbonyl (C=O) groups is 3. The molecule has 0 heterocycles. The van der Waals surface area contributed by atoms with E-state index in [-0.39, 0.29) is 25.0 Å². The van der Waals surface area contributed by atoms with E-state index < -0.39 is 23.8 Å². The molecule has 1 aliphatic rings. The number of esters is 3. The van der Waals surface area contributed by atoms with Gasteiger partial charge in [-0.1, -0.05) is 40.2 Å². The van der Waals surface area contributed by atoms with Crippen molar-refractivity contribution in [2.45, 2.75) is 26.2 Å². The average Bonchev–Trinajstić information content (AvgIpc) is 2.72. The maximum atomic E-state index is 12.6. The maximum absolute atomic E-state index is 12.6. The minimum absolute atomic E-state index is 0.206. The number of rotatable bonds is 7. The Balaban J connectivity index is 2.51. The minimum atomic E-state index is -0.756. The van der Waals surface area contributed by atoms with Crippen LogP contribution in [0.2, 0.25) is 0 Å². The van der Waals surface area contributed by atoms with E-state index in [4.69, 9.17) is 9.47 Å². The van der Waals surface area contributed by atoms with E-state index >= 15 is 0 Å². The monoisotopic (exact) mass is 464 g/mol. The van der Waals surface area contributed by atoms with Gasteiger partial charge in [0.1, 0.15) is 0 Å². The van der Waals surface area contributed by atoms with Crippen molar-refractivity contribution < 1.29 is 28.6 Å². The lowest BCUT2D eigenvalue weighted by molar-refractivity contribution is -0.150. The third-order valence-corrected chi connectivity index (χ3v) is 5.25. The summed E-state index contributed by atoms with van der Waals surface area (Å²) in [5.41, 5.74) is 1.25. The van der Waals surface area contributed by atoms with Crippen LogP contribution in [-0.2, 0) is 28.6 Å². The van der Waals surface area contributed by atoms with Gasteiger partial charge in [-0.15, -0.1) is 0 Å². The van der Waals surface area contributed by atoms with E-state index in [0.29, 0.717) is 12.0 Å². The predicted octanol–water partition coefficient (Wildman–Crippen LogP) is 3.95. The number of halogens is 1. The molecular weight excluding hydrogens is 440 g/mol. The standard InChI is InChI=1S/C22H25BrO6/c1-4-28-21(25)18-12-15(8-11-20(24)27-3)17(13-19(18)22(26)29-5-2)14-6-9-16(23)10-7-14/h6-11,13,15,17-18H,4-5,12H2,1-3H3/b11-8+/t15-,17+,18+/m1/s1. The molecular formula is C22H25BrO6. The van der Waals surface area contributed by atoms with Gasteiger partial charge in [0.05, 0.1) is 26.2 Å². The highest BCUT2D eigenvalue weighted by molar-refractivity contribution is 9.10. The van der Waals surface area contributed by atoms with Crippen molar-refractivity contribution in [3.8, 4) is 0 Å². The SMILES string of the molecule is CCOC(=O)C1=C[C@@H](c2ccc(Br)cc2)[C@H](/C=C/C(=O)OC)C[C@@H]1C(=O)OCC. The van der Waals surface area contributed by atoms with Gasteiger partial charge in [-0.2, -0.15) is 0 Å². The molecule has 0 spiro atoms. The second kappa shape index (κ2) is 11.0. The molecule has 0 saturated heterocycles. The van der Waals surface area contributed by atoms with Crippen LogP contribution in [-0.4, -0.2) is 38.2 Å². The molecule has 0 radical (unpaired) electrons. The first-order chi connectivity index (χ1) is 13.9. The third kappa shape index (κ3) is 6.03. The molecule has 0 unspecified atom stereocenters. The molecule has 7 heteroatoms.